The summed E-state index contributed by atoms with van der Waals surface area (Å²) in [5, 5.41) is 38.5. The molecule has 0 bridgehead atoms. The van der Waals surface area contributed by atoms with Gasteiger partial charge < -0.3 is 45.6 Å². The van der Waals surface area contributed by atoms with Gasteiger partial charge in [-0.05, 0) is 24.0 Å². The summed E-state index contributed by atoms with van der Waals surface area (Å²) in [6, 6.07) is 19.2. The number of benzene rings is 2. The molecule has 0 unspecified atom stereocenters. The number of anilines is 2. The highest BCUT2D eigenvalue weighted by Gasteiger charge is 2.44. The third-order valence-corrected chi connectivity index (χ3v) is 9.41. The zero-order chi connectivity index (χ0) is 39.2. The number of urea groups is 1. The largest absolute Gasteiger partial charge is 0.490 e. The van der Waals surface area contributed by atoms with E-state index in [9.17, 15) is 33.0 Å². The fraction of sp³-hybridized carbons (Fsp3) is 0.444. The summed E-state index contributed by atoms with van der Waals surface area (Å²) < 4.78 is 33.5. The monoisotopic (exact) mass is 755 g/mol. The number of aliphatic carboxylic acids is 1. The number of rotatable bonds is 10. The first-order valence-electron chi connectivity index (χ1n) is 17.4. The molecule has 290 valence electrons. The Bertz CT molecular complexity index is 1860. The normalized spacial score (nSPS) is 21.1. The van der Waals surface area contributed by atoms with Crippen LogP contribution in [0.2, 0.25) is 0 Å². The van der Waals surface area contributed by atoms with Crippen molar-refractivity contribution < 1.29 is 42.9 Å². The van der Waals surface area contributed by atoms with E-state index in [-0.39, 0.29) is 30.3 Å². The Morgan fingerprint density at radius 2 is 1.57 bits per heavy atom. The Morgan fingerprint density at radius 3 is 2.13 bits per heavy atom. The van der Waals surface area contributed by atoms with Gasteiger partial charge in [-0.3, -0.25) is 4.79 Å². The number of amides is 3. The molecule has 6 N–H and O–H groups in total. The number of fused-ring (bicyclic) bond motifs is 1. The summed E-state index contributed by atoms with van der Waals surface area (Å²) in [6.07, 6.45) is -4.41. The van der Waals surface area contributed by atoms with E-state index in [2.05, 4.69) is 40.2 Å². The van der Waals surface area contributed by atoms with Crippen molar-refractivity contribution in [2.45, 2.75) is 68.6 Å². The van der Waals surface area contributed by atoms with Crippen LogP contribution in [0.25, 0.3) is 11.2 Å². The Morgan fingerprint density at radius 1 is 0.963 bits per heavy atom. The fourth-order valence-corrected chi connectivity index (χ4v) is 6.51. The van der Waals surface area contributed by atoms with Gasteiger partial charge in [-0.25, -0.2) is 14.6 Å². The van der Waals surface area contributed by atoms with Gasteiger partial charge in [-0.15, -0.1) is 0 Å². The number of imidazole rings is 1. The molecule has 5 atom stereocenters. The van der Waals surface area contributed by atoms with Crippen molar-refractivity contribution in [2.75, 3.05) is 43.9 Å². The molecule has 15 nitrogen and oxygen atoms in total. The van der Waals surface area contributed by atoms with Gasteiger partial charge in [0.15, 0.2) is 17.0 Å². The maximum Gasteiger partial charge on any atom is 0.490 e. The molecule has 54 heavy (non-hydrogen) atoms. The molecule has 1 aliphatic carbocycles. The Balaban J connectivity index is 0.000000730. The van der Waals surface area contributed by atoms with Crippen LogP contribution in [0.1, 0.15) is 49.3 Å². The van der Waals surface area contributed by atoms with Crippen LogP contribution in [-0.4, -0.2) is 122 Å². The lowest BCUT2D eigenvalue weighted by Crippen LogP contribution is -2.42. The van der Waals surface area contributed by atoms with Gasteiger partial charge >= 0.3 is 18.2 Å². The summed E-state index contributed by atoms with van der Waals surface area (Å²) in [4.78, 5) is 51.6. The van der Waals surface area contributed by atoms with Crippen LogP contribution in [0.4, 0.5) is 29.7 Å². The number of hydrogen-bond acceptors (Lipinski definition) is 10. The number of nitrogens with one attached hydrogen (secondary N) is 3. The highest BCUT2D eigenvalue weighted by Crippen LogP contribution is 2.35. The standard InChI is InChI=1S/C34H43N9O4.C2HF3O2/c1-4-27(44)38-25-17-26(30(46)29(25)45)43-20-36-28-31(35-18-24(21-11-7-5-8-12-21)22-13-9-6-10-14-22)39-33(40-32(28)43)42-16-15-23(19-42)37-34(47)41(2)3;3-2(4,5)1(6)7/h5-14,20,23-26,29-30,45-46H,4,15-19H2,1-3H3,(H,37,47)(H,38,44)(H,35,39,40);(H,6,7)/t23-,25+,26-,29-,30+;/m1./s1. The van der Waals surface area contributed by atoms with E-state index in [1.54, 1.807) is 31.9 Å². The van der Waals surface area contributed by atoms with E-state index in [0.717, 1.165) is 17.5 Å². The Kier molecular flexibility index (Phi) is 12.6. The topological polar surface area (TPSA) is 198 Å². The molecule has 2 aliphatic rings. The minimum atomic E-state index is -5.08. The van der Waals surface area contributed by atoms with Crippen LogP contribution < -0.4 is 20.9 Å². The molecule has 0 spiro atoms. The van der Waals surface area contributed by atoms with Crippen LogP contribution >= 0.6 is 0 Å². The number of nitrogens with zero attached hydrogens (tertiary/aromatic N) is 6. The first-order chi connectivity index (χ1) is 25.7. The van der Waals surface area contributed by atoms with Crippen molar-refractivity contribution in [3.05, 3.63) is 78.1 Å². The van der Waals surface area contributed by atoms with Crippen LogP contribution in [-0.2, 0) is 9.59 Å². The van der Waals surface area contributed by atoms with Crippen molar-refractivity contribution in [3.8, 4) is 0 Å². The average molecular weight is 756 g/mol. The summed E-state index contributed by atoms with van der Waals surface area (Å²) >= 11 is 0. The first-order valence-corrected chi connectivity index (χ1v) is 17.4. The van der Waals surface area contributed by atoms with Crippen LogP contribution in [0.15, 0.2) is 67.0 Å². The van der Waals surface area contributed by atoms with E-state index in [1.165, 1.54) is 4.90 Å². The van der Waals surface area contributed by atoms with Crippen molar-refractivity contribution in [3.63, 3.8) is 0 Å². The number of carbonyl (C=O) groups excluding carboxylic acids is 2. The Hall–Kier alpha value is -5.49. The molecule has 1 saturated heterocycles. The summed E-state index contributed by atoms with van der Waals surface area (Å²) in [5.41, 5.74) is 3.36. The lowest BCUT2D eigenvalue weighted by molar-refractivity contribution is -0.192. The van der Waals surface area contributed by atoms with Crippen LogP contribution in [0, 0.1) is 0 Å². The molecule has 0 radical (unpaired) electrons. The van der Waals surface area contributed by atoms with Gasteiger partial charge in [0.05, 0.1) is 18.4 Å². The molecule has 1 aliphatic heterocycles. The highest BCUT2D eigenvalue weighted by molar-refractivity contribution is 5.85. The molecule has 1 saturated carbocycles. The number of carboxylic acid groups (broad SMARTS) is 1. The molecule has 2 aromatic carbocycles. The molecule has 3 amide bonds. The maximum atomic E-state index is 12.4. The minimum Gasteiger partial charge on any atom is -0.475 e. The van der Waals surface area contributed by atoms with E-state index in [0.29, 0.717) is 49.0 Å². The zero-order valence-corrected chi connectivity index (χ0v) is 29.9. The van der Waals surface area contributed by atoms with Crippen molar-refractivity contribution >= 4 is 40.8 Å². The smallest absolute Gasteiger partial charge is 0.475 e. The summed E-state index contributed by atoms with van der Waals surface area (Å²) in [5.74, 6) is -1.90. The van der Waals surface area contributed by atoms with Gasteiger partial charge in [0, 0.05) is 52.1 Å². The van der Waals surface area contributed by atoms with Crippen LogP contribution in [0.5, 0.6) is 0 Å². The van der Waals surface area contributed by atoms with E-state index in [1.807, 2.05) is 41.3 Å². The molecule has 3 heterocycles. The number of carboxylic acids is 1. The molecule has 6 rings (SSSR count). The number of alkyl halides is 3. The number of hydrogen-bond donors (Lipinski definition) is 6. The first kappa shape index (κ1) is 39.7. The van der Waals surface area contributed by atoms with Crippen molar-refractivity contribution in [1.82, 2.24) is 35.1 Å². The third-order valence-electron chi connectivity index (χ3n) is 9.41. The molecule has 4 aromatic rings. The van der Waals surface area contributed by atoms with Crippen molar-refractivity contribution in [2.24, 2.45) is 0 Å². The molecular formula is C36H44F3N9O6. The Labute approximate surface area is 309 Å². The lowest BCUT2D eigenvalue weighted by Gasteiger charge is -2.22. The second-order valence-corrected chi connectivity index (χ2v) is 13.3. The highest BCUT2D eigenvalue weighted by atomic mass is 19.4. The second-order valence-electron chi connectivity index (χ2n) is 13.3. The number of aliphatic hydroxyl groups excluding tert-OH is 2. The third kappa shape index (κ3) is 9.35. The van der Waals surface area contributed by atoms with Gasteiger partial charge in [0.2, 0.25) is 11.9 Å². The molecule has 2 fully saturated rings. The van der Waals surface area contributed by atoms with Gasteiger partial charge in [0.25, 0.3) is 0 Å². The van der Waals surface area contributed by atoms with E-state index in [4.69, 9.17) is 24.9 Å². The predicted octanol–water partition coefficient (Wildman–Crippen LogP) is 3.11. The van der Waals surface area contributed by atoms with Gasteiger partial charge in [0.1, 0.15) is 12.2 Å². The van der Waals surface area contributed by atoms with Crippen molar-refractivity contribution in [1.29, 1.82) is 0 Å². The van der Waals surface area contributed by atoms with E-state index >= 15 is 0 Å². The fourth-order valence-electron chi connectivity index (χ4n) is 6.51. The minimum absolute atomic E-state index is 0.0279. The quantitative estimate of drug-likeness (QED) is 0.139. The predicted molar refractivity (Wildman–Crippen MR) is 193 cm³/mol. The van der Waals surface area contributed by atoms with Gasteiger partial charge in [-0.2, -0.15) is 23.1 Å². The summed E-state index contributed by atoms with van der Waals surface area (Å²) in [7, 11) is 3.42. The SMILES string of the molecule is CCC(=O)N[C@H]1C[C@@H](n2cnc3c(NCC(c4ccccc4)c4ccccc4)nc(N4CC[C@@H](NC(=O)N(C)C)C4)nc32)[C@H](O)[C@@H]1O.O=C(O)C(F)(F)F. The average Bonchev–Trinajstić information content (AvgIpc) is 3.87. The van der Waals surface area contributed by atoms with Gasteiger partial charge in [-0.1, -0.05) is 67.6 Å². The molecular weight excluding hydrogens is 711 g/mol. The zero-order valence-electron chi connectivity index (χ0n) is 29.9. The van der Waals surface area contributed by atoms with Crippen LogP contribution in [0.3, 0.4) is 0 Å². The number of carbonyl (C=O) groups is 3. The summed E-state index contributed by atoms with van der Waals surface area (Å²) in [6.45, 7) is 3.45. The second kappa shape index (κ2) is 17.1. The number of halogens is 3. The number of aromatic nitrogens is 4. The molecule has 2 aromatic heterocycles. The van der Waals surface area contributed by atoms with E-state index < -0.39 is 36.4 Å². The lowest BCUT2D eigenvalue weighted by atomic mass is 9.91. The molecule has 18 heteroatoms. The number of aliphatic hydroxyl groups is 2. The maximum absolute atomic E-state index is 12.4.